The lowest BCUT2D eigenvalue weighted by Gasteiger charge is -2.03. The molecule has 0 aliphatic heterocycles. The Hall–Kier alpha value is -1.68. The van der Waals surface area contributed by atoms with Crippen molar-refractivity contribution in [3.63, 3.8) is 0 Å². The highest BCUT2D eigenvalue weighted by Gasteiger charge is 2.27. The molecule has 2 atom stereocenters. The first-order chi connectivity index (χ1) is 13.3. The summed E-state index contributed by atoms with van der Waals surface area (Å²) in [7, 11) is 0. The van der Waals surface area contributed by atoms with E-state index >= 15 is 0 Å². The maximum absolute atomic E-state index is 5.99. The standard InChI is InChI=1S/C23H35N3O/c1-2-3-4-5-6-7-8-9-10-18-11-13-19(14-12-18)22-25-23(27-26-22)20-15-16-21(24)17-20/h11-14,20-21H,2-10,15-17,24H2,1H3/t20-,21+/m1/s1. The number of hydrogen-bond acceptors (Lipinski definition) is 4. The third kappa shape index (κ3) is 6.17. The Morgan fingerprint density at radius 2 is 1.67 bits per heavy atom. The van der Waals surface area contributed by atoms with Crippen molar-refractivity contribution < 1.29 is 4.52 Å². The van der Waals surface area contributed by atoms with Gasteiger partial charge in [-0.1, -0.05) is 81.3 Å². The molecular formula is C23H35N3O. The van der Waals surface area contributed by atoms with Gasteiger partial charge in [0.2, 0.25) is 11.7 Å². The van der Waals surface area contributed by atoms with Crippen molar-refractivity contribution in [1.82, 2.24) is 10.1 Å². The molecule has 0 radical (unpaired) electrons. The van der Waals surface area contributed by atoms with Gasteiger partial charge in [0.25, 0.3) is 0 Å². The molecule has 1 aliphatic carbocycles. The molecule has 3 rings (SSSR count). The average molecular weight is 370 g/mol. The molecule has 1 heterocycles. The quantitative estimate of drug-likeness (QED) is 0.492. The number of nitrogens with zero attached hydrogens (tertiary/aromatic N) is 2. The van der Waals surface area contributed by atoms with Crippen molar-refractivity contribution in [2.45, 2.75) is 95.9 Å². The topological polar surface area (TPSA) is 64.9 Å². The van der Waals surface area contributed by atoms with Gasteiger partial charge in [0.05, 0.1) is 0 Å². The monoisotopic (exact) mass is 369 g/mol. The minimum atomic E-state index is 0.279. The molecule has 148 valence electrons. The second kappa shape index (κ2) is 10.6. The van der Waals surface area contributed by atoms with Gasteiger partial charge in [-0.2, -0.15) is 4.98 Å². The molecule has 1 aromatic carbocycles. The van der Waals surface area contributed by atoms with Gasteiger partial charge in [-0.3, -0.25) is 0 Å². The molecular weight excluding hydrogens is 334 g/mol. The molecule has 0 spiro atoms. The Bertz CT molecular complexity index is 665. The number of unbranched alkanes of at least 4 members (excludes halogenated alkanes) is 7. The van der Waals surface area contributed by atoms with E-state index in [1.165, 1.54) is 56.9 Å². The predicted octanol–water partition coefficient (Wildman–Crippen LogP) is 6.01. The maximum atomic E-state index is 5.99. The zero-order chi connectivity index (χ0) is 18.9. The first kappa shape index (κ1) is 20.1. The second-order valence-electron chi connectivity index (χ2n) is 8.15. The van der Waals surface area contributed by atoms with Gasteiger partial charge in [-0.05, 0) is 37.7 Å². The summed E-state index contributed by atoms with van der Waals surface area (Å²) < 4.78 is 5.49. The first-order valence-electron chi connectivity index (χ1n) is 10.9. The summed E-state index contributed by atoms with van der Waals surface area (Å²) in [5.41, 5.74) is 8.43. The van der Waals surface area contributed by atoms with Crippen LogP contribution >= 0.6 is 0 Å². The Labute approximate surface area is 163 Å². The van der Waals surface area contributed by atoms with E-state index < -0.39 is 0 Å². The molecule has 1 saturated carbocycles. The van der Waals surface area contributed by atoms with Crippen LogP contribution in [-0.2, 0) is 6.42 Å². The SMILES string of the molecule is CCCCCCCCCCc1ccc(-c2noc([C@@H]3CC[C@H](N)C3)n2)cc1. The number of aromatic nitrogens is 2. The normalized spacial score (nSPS) is 19.6. The highest BCUT2D eigenvalue weighted by molar-refractivity contribution is 5.54. The van der Waals surface area contributed by atoms with Crippen LogP contribution in [0.15, 0.2) is 28.8 Å². The Balaban J connectivity index is 1.40. The second-order valence-corrected chi connectivity index (χ2v) is 8.15. The van der Waals surface area contributed by atoms with Gasteiger partial charge < -0.3 is 10.3 Å². The predicted molar refractivity (Wildman–Crippen MR) is 111 cm³/mol. The van der Waals surface area contributed by atoms with Crippen molar-refractivity contribution in [3.05, 3.63) is 35.7 Å². The van der Waals surface area contributed by atoms with Crippen LogP contribution in [0.25, 0.3) is 11.4 Å². The van der Waals surface area contributed by atoms with Crippen LogP contribution in [0.3, 0.4) is 0 Å². The van der Waals surface area contributed by atoms with E-state index in [2.05, 4.69) is 41.3 Å². The summed E-state index contributed by atoms with van der Waals surface area (Å²) >= 11 is 0. The van der Waals surface area contributed by atoms with E-state index in [-0.39, 0.29) is 6.04 Å². The molecule has 2 N–H and O–H groups in total. The van der Waals surface area contributed by atoms with Crippen LogP contribution in [0.5, 0.6) is 0 Å². The number of nitrogens with two attached hydrogens (primary N) is 1. The van der Waals surface area contributed by atoms with Gasteiger partial charge in [0.1, 0.15) is 0 Å². The average Bonchev–Trinajstić information content (AvgIpc) is 3.33. The lowest BCUT2D eigenvalue weighted by Crippen LogP contribution is -2.14. The van der Waals surface area contributed by atoms with E-state index in [0.717, 1.165) is 37.1 Å². The molecule has 0 unspecified atom stereocenters. The summed E-state index contributed by atoms with van der Waals surface area (Å²) in [6.07, 6.45) is 15.1. The summed E-state index contributed by atoms with van der Waals surface area (Å²) in [5, 5.41) is 4.18. The van der Waals surface area contributed by atoms with Gasteiger partial charge in [0.15, 0.2) is 0 Å². The largest absolute Gasteiger partial charge is 0.339 e. The minimum absolute atomic E-state index is 0.279. The van der Waals surface area contributed by atoms with E-state index in [9.17, 15) is 0 Å². The Kier molecular flexibility index (Phi) is 7.88. The molecule has 4 heteroatoms. The third-order valence-corrected chi connectivity index (χ3v) is 5.80. The van der Waals surface area contributed by atoms with Crippen LogP contribution in [0.1, 0.15) is 94.9 Å². The summed E-state index contributed by atoms with van der Waals surface area (Å²) in [4.78, 5) is 4.61. The van der Waals surface area contributed by atoms with Crippen LogP contribution in [0.4, 0.5) is 0 Å². The van der Waals surface area contributed by atoms with Crippen molar-refractivity contribution >= 4 is 0 Å². The molecule has 4 nitrogen and oxygen atoms in total. The number of benzene rings is 1. The molecule has 2 aromatic rings. The fourth-order valence-electron chi connectivity index (χ4n) is 4.04. The van der Waals surface area contributed by atoms with Crippen molar-refractivity contribution in [1.29, 1.82) is 0 Å². The molecule has 27 heavy (non-hydrogen) atoms. The van der Waals surface area contributed by atoms with Gasteiger partial charge in [-0.25, -0.2) is 0 Å². The zero-order valence-electron chi connectivity index (χ0n) is 16.8. The molecule has 1 aliphatic rings. The van der Waals surface area contributed by atoms with Crippen molar-refractivity contribution in [2.75, 3.05) is 0 Å². The van der Waals surface area contributed by atoms with Gasteiger partial charge in [-0.15, -0.1) is 0 Å². The van der Waals surface area contributed by atoms with Crippen LogP contribution in [-0.4, -0.2) is 16.2 Å². The molecule has 1 aromatic heterocycles. The van der Waals surface area contributed by atoms with E-state index in [0.29, 0.717) is 11.7 Å². The van der Waals surface area contributed by atoms with E-state index in [4.69, 9.17) is 10.3 Å². The Morgan fingerprint density at radius 1 is 0.963 bits per heavy atom. The summed E-state index contributed by atoms with van der Waals surface area (Å²) in [6.45, 7) is 2.27. The summed E-state index contributed by atoms with van der Waals surface area (Å²) in [6, 6.07) is 8.93. The highest BCUT2D eigenvalue weighted by Crippen LogP contribution is 2.33. The summed E-state index contributed by atoms with van der Waals surface area (Å²) in [5.74, 6) is 1.78. The smallest absolute Gasteiger partial charge is 0.230 e. The number of aryl methyl sites for hydroxylation is 1. The maximum Gasteiger partial charge on any atom is 0.230 e. The van der Waals surface area contributed by atoms with Crippen LogP contribution in [0.2, 0.25) is 0 Å². The Morgan fingerprint density at radius 3 is 2.33 bits per heavy atom. The molecule has 0 saturated heterocycles. The lowest BCUT2D eigenvalue weighted by molar-refractivity contribution is 0.353. The lowest BCUT2D eigenvalue weighted by atomic mass is 10.0. The van der Waals surface area contributed by atoms with Gasteiger partial charge >= 0.3 is 0 Å². The molecule has 0 bridgehead atoms. The fraction of sp³-hybridized carbons (Fsp3) is 0.652. The third-order valence-electron chi connectivity index (χ3n) is 5.80. The van der Waals surface area contributed by atoms with Crippen LogP contribution in [0, 0.1) is 0 Å². The first-order valence-corrected chi connectivity index (χ1v) is 10.9. The number of hydrogen-bond donors (Lipinski definition) is 1. The van der Waals surface area contributed by atoms with E-state index in [1.807, 2.05) is 0 Å². The number of rotatable bonds is 11. The van der Waals surface area contributed by atoms with E-state index in [1.54, 1.807) is 0 Å². The molecule has 0 amide bonds. The van der Waals surface area contributed by atoms with Crippen molar-refractivity contribution in [2.24, 2.45) is 5.73 Å². The minimum Gasteiger partial charge on any atom is -0.339 e. The van der Waals surface area contributed by atoms with Crippen LogP contribution < -0.4 is 5.73 Å². The highest BCUT2D eigenvalue weighted by atomic mass is 16.5. The van der Waals surface area contributed by atoms with Gasteiger partial charge in [0, 0.05) is 17.5 Å². The zero-order valence-corrected chi connectivity index (χ0v) is 16.8. The fourth-order valence-corrected chi connectivity index (χ4v) is 4.04. The van der Waals surface area contributed by atoms with Crippen molar-refractivity contribution in [3.8, 4) is 11.4 Å². The molecule has 1 fully saturated rings.